The predicted molar refractivity (Wildman–Crippen MR) is 106 cm³/mol. The lowest BCUT2D eigenvalue weighted by Gasteiger charge is -2.13. The van der Waals surface area contributed by atoms with Crippen molar-refractivity contribution >= 4 is 23.6 Å². The number of phenolic OH excluding ortho intramolecular Hbond substituents is 1. The predicted octanol–water partition coefficient (Wildman–Crippen LogP) is 2.86. The highest BCUT2D eigenvalue weighted by Gasteiger charge is 2.34. The highest BCUT2D eigenvalue weighted by atomic mass is 16.5. The molecule has 150 valence electrons. The number of amides is 2. The lowest BCUT2D eigenvalue weighted by molar-refractivity contribution is -0.123. The standard InChI is InChI=1S/C21H20N2O6/c1-12-15(9-13-10-17(27-2)19(29-4)18(11-13)28-3)21(26)23(22-12)20(25)14-7-5-6-8-16(14)24/h5-11,24H,1-4H3/b15-9-. The van der Waals surface area contributed by atoms with E-state index in [0.29, 0.717) is 28.5 Å². The number of imide groups is 1. The van der Waals surface area contributed by atoms with Gasteiger partial charge in [0.1, 0.15) is 5.75 Å². The van der Waals surface area contributed by atoms with E-state index in [9.17, 15) is 14.7 Å². The third kappa shape index (κ3) is 3.64. The molecule has 0 saturated carbocycles. The van der Waals surface area contributed by atoms with Crippen LogP contribution in [-0.4, -0.2) is 49.0 Å². The molecular formula is C21H20N2O6. The van der Waals surface area contributed by atoms with E-state index in [1.807, 2.05) is 0 Å². The molecule has 1 aliphatic rings. The Labute approximate surface area is 167 Å². The van der Waals surface area contributed by atoms with Crippen molar-refractivity contribution in [2.24, 2.45) is 5.10 Å². The molecule has 0 unspecified atom stereocenters. The van der Waals surface area contributed by atoms with Crippen LogP contribution in [0, 0.1) is 0 Å². The first-order valence-electron chi connectivity index (χ1n) is 8.65. The lowest BCUT2D eigenvalue weighted by Crippen LogP contribution is -2.29. The highest BCUT2D eigenvalue weighted by Crippen LogP contribution is 2.39. The fourth-order valence-corrected chi connectivity index (χ4v) is 2.94. The normalized spacial score (nSPS) is 14.8. The summed E-state index contributed by atoms with van der Waals surface area (Å²) in [7, 11) is 4.49. The first-order chi connectivity index (χ1) is 13.9. The number of phenols is 1. The van der Waals surface area contributed by atoms with Crippen LogP contribution in [0.3, 0.4) is 0 Å². The Kier molecular flexibility index (Phi) is 5.54. The Morgan fingerprint density at radius 1 is 1.07 bits per heavy atom. The van der Waals surface area contributed by atoms with Gasteiger partial charge in [-0.3, -0.25) is 9.59 Å². The van der Waals surface area contributed by atoms with Crippen LogP contribution in [0.5, 0.6) is 23.0 Å². The molecule has 0 radical (unpaired) electrons. The molecule has 0 aromatic heterocycles. The van der Waals surface area contributed by atoms with Gasteiger partial charge in [0.05, 0.1) is 38.2 Å². The van der Waals surface area contributed by atoms with Crippen LogP contribution in [0.2, 0.25) is 0 Å². The van der Waals surface area contributed by atoms with Crippen LogP contribution in [0.15, 0.2) is 47.1 Å². The molecule has 0 fully saturated rings. The molecular weight excluding hydrogens is 376 g/mol. The average Bonchev–Trinajstić information content (AvgIpc) is 3.01. The Morgan fingerprint density at radius 2 is 1.69 bits per heavy atom. The molecule has 0 spiro atoms. The first kappa shape index (κ1) is 19.9. The molecule has 1 heterocycles. The van der Waals surface area contributed by atoms with Crippen LogP contribution < -0.4 is 14.2 Å². The van der Waals surface area contributed by atoms with E-state index < -0.39 is 11.8 Å². The molecule has 29 heavy (non-hydrogen) atoms. The maximum Gasteiger partial charge on any atom is 0.285 e. The van der Waals surface area contributed by atoms with Gasteiger partial charge in [-0.2, -0.15) is 10.1 Å². The molecule has 2 aromatic carbocycles. The van der Waals surface area contributed by atoms with Crippen molar-refractivity contribution in [2.75, 3.05) is 21.3 Å². The van der Waals surface area contributed by atoms with E-state index in [1.54, 1.807) is 37.3 Å². The molecule has 2 aromatic rings. The van der Waals surface area contributed by atoms with Crippen molar-refractivity contribution in [3.8, 4) is 23.0 Å². The first-order valence-corrected chi connectivity index (χ1v) is 8.65. The van der Waals surface area contributed by atoms with E-state index in [4.69, 9.17) is 14.2 Å². The number of carbonyl (C=O) groups is 2. The van der Waals surface area contributed by atoms with Crippen molar-refractivity contribution in [3.05, 3.63) is 53.1 Å². The number of carbonyl (C=O) groups excluding carboxylic acids is 2. The molecule has 3 rings (SSSR count). The second-order valence-electron chi connectivity index (χ2n) is 6.14. The molecule has 0 atom stereocenters. The Bertz CT molecular complexity index is 1020. The second-order valence-corrected chi connectivity index (χ2v) is 6.14. The molecule has 8 heteroatoms. The fraction of sp³-hybridized carbons (Fsp3) is 0.190. The number of rotatable bonds is 5. The highest BCUT2D eigenvalue weighted by molar-refractivity contribution is 6.30. The van der Waals surface area contributed by atoms with E-state index in [2.05, 4.69) is 5.10 Å². The van der Waals surface area contributed by atoms with Gasteiger partial charge in [0, 0.05) is 0 Å². The summed E-state index contributed by atoms with van der Waals surface area (Å²) in [6.07, 6.45) is 1.59. The lowest BCUT2D eigenvalue weighted by atomic mass is 10.1. The maximum absolute atomic E-state index is 12.8. The van der Waals surface area contributed by atoms with Crippen molar-refractivity contribution in [2.45, 2.75) is 6.92 Å². The number of hydrogen-bond acceptors (Lipinski definition) is 7. The Balaban J connectivity index is 1.98. The van der Waals surface area contributed by atoms with Gasteiger partial charge in [0.2, 0.25) is 5.75 Å². The maximum atomic E-state index is 12.8. The average molecular weight is 396 g/mol. The summed E-state index contributed by atoms with van der Waals surface area (Å²) in [4.78, 5) is 25.5. The molecule has 1 aliphatic heterocycles. The zero-order valence-corrected chi connectivity index (χ0v) is 16.4. The second kappa shape index (κ2) is 8.05. The quantitative estimate of drug-likeness (QED) is 0.617. The SMILES string of the molecule is COc1cc(/C=C2\C(=O)N(C(=O)c3ccccc3O)N=C2C)cc(OC)c1OC. The monoisotopic (exact) mass is 396 g/mol. The minimum atomic E-state index is -0.708. The van der Waals surface area contributed by atoms with Gasteiger partial charge in [-0.05, 0) is 42.8 Å². The molecule has 0 bridgehead atoms. The van der Waals surface area contributed by atoms with Gasteiger partial charge in [-0.15, -0.1) is 0 Å². The van der Waals surface area contributed by atoms with Crippen LogP contribution >= 0.6 is 0 Å². The number of aromatic hydroxyl groups is 1. The van der Waals surface area contributed by atoms with Crippen molar-refractivity contribution in [3.63, 3.8) is 0 Å². The number of para-hydroxylation sites is 1. The fourth-order valence-electron chi connectivity index (χ4n) is 2.94. The zero-order chi connectivity index (χ0) is 21.1. The minimum absolute atomic E-state index is 0.00793. The summed E-state index contributed by atoms with van der Waals surface area (Å²) in [5, 5.41) is 14.7. The van der Waals surface area contributed by atoms with E-state index in [1.165, 1.54) is 33.5 Å². The Morgan fingerprint density at radius 3 is 2.24 bits per heavy atom. The topological polar surface area (TPSA) is 97.7 Å². The largest absolute Gasteiger partial charge is 0.507 e. The van der Waals surface area contributed by atoms with Crippen LogP contribution in [0.4, 0.5) is 0 Å². The number of methoxy groups -OCH3 is 3. The molecule has 0 aliphatic carbocycles. The molecule has 2 amide bonds. The molecule has 0 saturated heterocycles. The van der Waals surface area contributed by atoms with Gasteiger partial charge < -0.3 is 19.3 Å². The van der Waals surface area contributed by atoms with E-state index >= 15 is 0 Å². The number of hydrazone groups is 1. The molecule has 1 N–H and O–H groups in total. The van der Waals surface area contributed by atoms with Crippen LogP contribution in [-0.2, 0) is 4.79 Å². The minimum Gasteiger partial charge on any atom is -0.507 e. The van der Waals surface area contributed by atoms with Gasteiger partial charge in [-0.25, -0.2) is 0 Å². The summed E-state index contributed by atoms with van der Waals surface area (Å²) < 4.78 is 15.9. The van der Waals surface area contributed by atoms with Crippen molar-refractivity contribution < 1.29 is 28.9 Å². The zero-order valence-electron chi connectivity index (χ0n) is 16.4. The van der Waals surface area contributed by atoms with Gasteiger partial charge in [0.15, 0.2) is 11.5 Å². The van der Waals surface area contributed by atoms with Crippen molar-refractivity contribution in [1.29, 1.82) is 0 Å². The van der Waals surface area contributed by atoms with Crippen LogP contribution in [0.1, 0.15) is 22.8 Å². The van der Waals surface area contributed by atoms with Gasteiger partial charge >= 0.3 is 0 Å². The third-order valence-electron chi connectivity index (χ3n) is 4.39. The number of nitrogens with zero attached hydrogens (tertiary/aromatic N) is 2. The summed E-state index contributed by atoms with van der Waals surface area (Å²) in [5.41, 5.74) is 1.20. The third-order valence-corrected chi connectivity index (χ3v) is 4.39. The number of hydrogen-bond donors (Lipinski definition) is 1. The van der Waals surface area contributed by atoms with Crippen LogP contribution in [0.25, 0.3) is 6.08 Å². The van der Waals surface area contributed by atoms with E-state index in [-0.39, 0.29) is 16.9 Å². The number of ether oxygens (including phenoxy) is 3. The Hall–Kier alpha value is -3.81. The van der Waals surface area contributed by atoms with Gasteiger partial charge in [-0.1, -0.05) is 12.1 Å². The molecule has 8 nitrogen and oxygen atoms in total. The van der Waals surface area contributed by atoms with E-state index in [0.717, 1.165) is 5.01 Å². The number of benzene rings is 2. The van der Waals surface area contributed by atoms with Gasteiger partial charge in [0.25, 0.3) is 11.8 Å². The summed E-state index contributed by atoms with van der Waals surface area (Å²) >= 11 is 0. The smallest absolute Gasteiger partial charge is 0.285 e. The van der Waals surface area contributed by atoms with Crippen molar-refractivity contribution in [1.82, 2.24) is 5.01 Å². The summed E-state index contributed by atoms with van der Waals surface area (Å²) in [6, 6.07) is 9.34. The summed E-state index contributed by atoms with van der Waals surface area (Å²) in [6.45, 7) is 1.62. The summed E-state index contributed by atoms with van der Waals surface area (Å²) in [5.74, 6) is -0.233.